The highest BCUT2D eigenvalue weighted by Gasteiger charge is 2.25. The molecule has 0 bridgehead atoms. The smallest absolute Gasteiger partial charge is 0.254 e. The van der Waals surface area contributed by atoms with Gasteiger partial charge in [0.2, 0.25) is 0 Å². The van der Waals surface area contributed by atoms with Crippen molar-refractivity contribution in [1.82, 2.24) is 9.80 Å². The number of hydrogen-bond acceptors (Lipinski definition) is 4. The highest BCUT2D eigenvalue weighted by atomic mass is 32.2. The predicted octanol–water partition coefficient (Wildman–Crippen LogP) is 9.69. The van der Waals surface area contributed by atoms with Crippen LogP contribution in [0, 0.1) is 0 Å². The van der Waals surface area contributed by atoms with Crippen LogP contribution < -0.4 is 0 Å². The Kier molecular flexibility index (Phi) is 16.1. The molecule has 1 fully saturated rings. The molecule has 0 aliphatic carbocycles. The first-order valence-electron chi connectivity index (χ1n) is 14.5. The molecule has 2 aromatic carbocycles. The number of benzene rings is 2. The maximum atomic E-state index is 13.9. The van der Waals surface area contributed by atoms with Gasteiger partial charge in [0, 0.05) is 52.8 Å². The lowest BCUT2D eigenvalue weighted by Crippen LogP contribution is -2.48. The second kappa shape index (κ2) is 18.4. The number of allylic oxidation sites excluding steroid dienone is 3. The molecule has 1 saturated heterocycles. The third kappa shape index (κ3) is 9.10. The van der Waals surface area contributed by atoms with Crippen molar-refractivity contribution < 1.29 is 9.18 Å². The van der Waals surface area contributed by atoms with Gasteiger partial charge in [0.05, 0.1) is 11.4 Å². The van der Waals surface area contributed by atoms with Gasteiger partial charge in [-0.15, -0.1) is 0 Å². The SMILES string of the molecule is C/C=C\C(=C(/C)F)N1CCN(C(=O)c2ccc3c(c2)N=C(CCC)c2ccccc2S3)CC1.CC.CC.CC. The minimum absolute atomic E-state index is 0.00462. The summed E-state index contributed by atoms with van der Waals surface area (Å²) in [4.78, 5) is 24.4. The van der Waals surface area contributed by atoms with E-state index in [1.165, 1.54) is 17.4 Å². The molecule has 214 valence electrons. The van der Waals surface area contributed by atoms with Gasteiger partial charge in [-0.05, 0) is 50.6 Å². The van der Waals surface area contributed by atoms with Crippen LogP contribution in [-0.2, 0) is 0 Å². The van der Waals surface area contributed by atoms with Gasteiger partial charge in [-0.2, -0.15) is 0 Å². The first-order chi connectivity index (χ1) is 19.0. The maximum Gasteiger partial charge on any atom is 0.254 e. The summed E-state index contributed by atoms with van der Waals surface area (Å²) >= 11 is 1.71. The second-order valence-corrected chi connectivity index (χ2v) is 9.37. The summed E-state index contributed by atoms with van der Waals surface area (Å²) in [7, 11) is 0. The fourth-order valence-corrected chi connectivity index (χ4v) is 5.32. The summed E-state index contributed by atoms with van der Waals surface area (Å²) in [5, 5.41) is 0. The van der Waals surface area contributed by atoms with Crippen molar-refractivity contribution in [2.75, 3.05) is 26.2 Å². The minimum Gasteiger partial charge on any atom is -0.366 e. The van der Waals surface area contributed by atoms with Crippen LogP contribution in [0.4, 0.5) is 10.1 Å². The topological polar surface area (TPSA) is 35.9 Å². The molecule has 2 aliphatic heterocycles. The molecular formula is C33H48FN3OS. The molecule has 2 heterocycles. The Hall–Kier alpha value is -2.86. The number of halogens is 1. The van der Waals surface area contributed by atoms with Crippen LogP contribution in [0.5, 0.6) is 0 Å². The minimum atomic E-state index is -0.196. The van der Waals surface area contributed by atoms with E-state index in [4.69, 9.17) is 4.99 Å². The molecule has 2 aliphatic rings. The third-order valence-corrected chi connectivity index (χ3v) is 7.09. The van der Waals surface area contributed by atoms with E-state index in [1.807, 2.05) is 82.5 Å². The zero-order valence-corrected chi connectivity index (χ0v) is 26.3. The highest BCUT2D eigenvalue weighted by Crippen LogP contribution is 2.41. The Morgan fingerprint density at radius 1 is 0.949 bits per heavy atom. The van der Waals surface area contributed by atoms with Gasteiger partial charge in [-0.25, -0.2) is 4.39 Å². The standard InChI is InChI=1S/C27H30FN3OS.3C2H6/c1-4-8-22-21-10-6-7-11-25(21)33-26-13-12-20(18-23(26)29-22)27(32)31-16-14-30(15-17-31)24(9-5-2)19(3)28;3*1-2/h5-7,9-13,18H,4,8,14-17H2,1-3H3;3*1-2H3/b9-5-,24-19-;;;. The second-order valence-electron chi connectivity index (χ2n) is 8.29. The van der Waals surface area contributed by atoms with Crippen molar-refractivity contribution in [2.24, 2.45) is 4.99 Å². The van der Waals surface area contributed by atoms with Gasteiger partial charge in [-0.3, -0.25) is 9.79 Å². The van der Waals surface area contributed by atoms with E-state index in [2.05, 4.69) is 31.2 Å². The van der Waals surface area contributed by atoms with E-state index >= 15 is 0 Å². The Balaban J connectivity index is 0.00000119. The summed E-state index contributed by atoms with van der Waals surface area (Å²) in [6.07, 6.45) is 5.54. The third-order valence-electron chi connectivity index (χ3n) is 5.95. The molecule has 1 amide bonds. The lowest BCUT2D eigenvalue weighted by molar-refractivity contribution is 0.0670. The van der Waals surface area contributed by atoms with Crippen LogP contribution in [0.3, 0.4) is 0 Å². The average molecular weight is 554 g/mol. The molecule has 4 rings (SSSR count). The molecule has 0 atom stereocenters. The maximum absolute atomic E-state index is 13.9. The van der Waals surface area contributed by atoms with Crippen molar-refractivity contribution in [3.63, 3.8) is 0 Å². The molecule has 2 aromatic rings. The van der Waals surface area contributed by atoms with E-state index in [1.54, 1.807) is 17.8 Å². The lowest BCUT2D eigenvalue weighted by atomic mass is 10.1. The van der Waals surface area contributed by atoms with Crippen LogP contribution in [0.15, 0.2) is 80.9 Å². The van der Waals surface area contributed by atoms with Gasteiger partial charge in [0.15, 0.2) is 0 Å². The number of piperazine rings is 1. The van der Waals surface area contributed by atoms with Crippen LogP contribution >= 0.6 is 11.8 Å². The quantitative estimate of drug-likeness (QED) is 0.346. The summed E-state index contributed by atoms with van der Waals surface area (Å²) in [6.45, 7) is 19.9. The van der Waals surface area contributed by atoms with E-state index in [9.17, 15) is 9.18 Å². The lowest BCUT2D eigenvalue weighted by Gasteiger charge is -2.36. The van der Waals surface area contributed by atoms with Crippen molar-refractivity contribution in [2.45, 2.75) is 84.9 Å². The number of aliphatic imine (C=N–C) groups is 1. The Labute approximate surface area is 241 Å². The Morgan fingerprint density at radius 3 is 2.15 bits per heavy atom. The molecule has 6 heteroatoms. The fourth-order valence-electron chi connectivity index (χ4n) is 4.30. The number of amides is 1. The molecule has 39 heavy (non-hydrogen) atoms. The van der Waals surface area contributed by atoms with E-state index in [0.717, 1.165) is 29.1 Å². The molecule has 0 spiro atoms. The number of carbonyl (C=O) groups excluding carboxylic acids is 1. The molecule has 4 nitrogen and oxygen atoms in total. The van der Waals surface area contributed by atoms with Gasteiger partial charge in [0.25, 0.3) is 5.91 Å². The van der Waals surface area contributed by atoms with Gasteiger partial charge < -0.3 is 9.80 Å². The molecule has 0 aromatic heterocycles. The fraction of sp³-hybridized carbons (Fsp3) is 0.455. The Bertz CT molecular complexity index is 1130. The Morgan fingerprint density at radius 2 is 1.56 bits per heavy atom. The molecular weight excluding hydrogens is 505 g/mol. The number of rotatable bonds is 5. The summed E-state index contributed by atoms with van der Waals surface area (Å²) < 4.78 is 13.9. The molecule has 0 radical (unpaired) electrons. The largest absolute Gasteiger partial charge is 0.366 e. The highest BCUT2D eigenvalue weighted by molar-refractivity contribution is 7.99. The average Bonchev–Trinajstić information content (AvgIpc) is 3.15. The van der Waals surface area contributed by atoms with Crippen molar-refractivity contribution >= 4 is 29.1 Å². The number of hydrogen-bond donors (Lipinski definition) is 0. The van der Waals surface area contributed by atoms with E-state index < -0.39 is 0 Å². The molecule has 0 unspecified atom stereocenters. The van der Waals surface area contributed by atoms with Crippen LogP contribution in [-0.4, -0.2) is 47.6 Å². The zero-order chi connectivity index (χ0) is 29.4. The summed E-state index contributed by atoms with van der Waals surface area (Å²) in [5.41, 5.74) is 4.36. The number of nitrogens with zero attached hydrogens (tertiary/aromatic N) is 3. The van der Waals surface area contributed by atoms with E-state index in [0.29, 0.717) is 37.4 Å². The van der Waals surface area contributed by atoms with Gasteiger partial charge in [-0.1, -0.05) is 90.9 Å². The van der Waals surface area contributed by atoms with Crippen LogP contribution in [0.25, 0.3) is 0 Å². The van der Waals surface area contributed by atoms with Crippen molar-refractivity contribution in [3.8, 4) is 0 Å². The first kappa shape index (κ1) is 34.2. The molecule has 0 saturated carbocycles. The normalized spacial score (nSPS) is 14.6. The van der Waals surface area contributed by atoms with Crippen LogP contribution in [0.1, 0.15) is 91.1 Å². The number of carbonyl (C=O) groups is 1. The van der Waals surface area contributed by atoms with Gasteiger partial charge in [0.1, 0.15) is 5.83 Å². The van der Waals surface area contributed by atoms with Crippen LogP contribution in [0.2, 0.25) is 0 Å². The van der Waals surface area contributed by atoms with Crippen molar-refractivity contribution in [1.29, 1.82) is 0 Å². The van der Waals surface area contributed by atoms with Gasteiger partial charge >= 0.3 is 0 Å². The number of fused-ring (bicyclic) bond motifs is 2. The summed E-state index contributed by atoms with van der Waals surface area (Å²) in [6, 6.07) is 14.2. The zero-order valence-electron chi connectivity index (χ0n) is 25.5. The first-order valence-corrected chi connectivity index (χ1v) is 15.4. The molecule has 0 N–H and O–H groups in total. The van der Waals surface area contributed by atoms with E-state index in [-0.39, 0.29) is 11.7 Å². The summed E-state index contributed by atoms with van der Waals surface area (Å²) in [5.74, 6) is -0.192. The predicted molar refractivity (Wildman–Crippen MR) is 168 cm³/mol. The van der Waals surface area contributed by atoms with Crippen molar-refractivity contribution in [3.05, 3.63) is 77.3 Å². The monoisotopic (exact) mass is 553 g/mol.